The first kappa shape index (κ1) is 14.9. The normalized spacial score (nSPS) is 11.7. The zero-order chi connectivity index (χ0) is 14.5. The van der Waals surface area contributed by atoms with E-state index in [-0.39, 0.29) is 5.75 Å². The molecule has 0 saturated carbocycles. The van der Waals surface area contributed by atoms with Gasteiger partial charge in [0.25, 0.3) is 0 Å². The highest BCUT2D eigenvalue weighted by Gasteiger charge is 2.14. The molecule has 0 unspecified atom stereocenters. The van der Waals surface area contributed by atoms with Crippen LogP contribution in [-0.4, -0.2) is 17.4 Å². The third-order valence-electron chi connectivity index (χ3n) is 2.84. The topological polar surface area (TPSA) is 32.6 Å². The van der Waals surface area contributed by atoms with Gasteiger partial charge in [0.15, 0.2) is 0 Å². The van der Waals surface area contributed by atoms with E-state index in [9.17, 15) is 5.11 Å². The average molecular weight is 308 g/mol. The molecule has 0 aliphatic rings. The number of aromatic hydroxyl groups is 1. The van der Waals surface area contributed by atoms with E-state index in [0.29, 0.717) is 27.9 Å². The summed E-state index contributed by atoms with van der Waals surface area (Å²) in [5.74, 6) is 0.143. The molecular weight excluding hydrogens is 293 g/mol. The summed E-state index contributed by atoms with van der Waals surface area (Å²) in [6, 6.07) is 12.4. The zero-order valence-electron chi connectivity index (χ0n) is 11.1. The van der Waals surface area contributed by atoms with E-state index < -0.39 is 0 Å². The monoisotopic (exact) mass is 307 g/mol. The van der Waals surface area contributed by atoms with Crippen molar-refractivity contribution in [2.45, 2.75) is 13.3 Å². The molecule has 4 heteroatoms. The van der Waals surface area contributed by atoms with E-state index in [1.165, 1.54) is 0 Å². The number of hydrogen-bond donors (Lipinski definition) is 1. The van der Waals surface area contributed by atoms with Gasteiger partial charge < -0.3 is 5.11 Å². The molecule has 0 heterocycles. The second-order valence-electron chi connectivity index (χ2n) is 4.37. The van der Waals surface area contributed by atoms with Crippen molar-refractivity contribution >= 4 is 28.9 Å². The van der Waals surface area contributed by atoms with Crippen LogP contribution in [-0.2, 0) is 0 Å². The van der Waals surface area contributed by atoms with Crippen LogP contribution >= 0.6 is 23.2 Å². The molecule has 0 bridgehead atoms. The summed E-state index contributed by atoms with van der Waals surface area (Å²) in [5.41, 5.74) is 2.05. The number of aliphatic imine (C=N–C) groups is 1. The lowest BCUT2D eigenvalue weighted by Gasteiger charge is -2.11. The van der Waals surface area contributed by atoms with Crippen LogP contribution < -0.4 is 0 Å². The number of phenols is 1. The van der Waals surface area contributed by atoms with Gasteiger partial charge in [-0.15, -0.1) is 0 Å². The van der Waals surface area contributed by atoms with E-state index in [2.05, 4.69) is 4.99 Å². The molecule has 104 valence electrons. The average Bonchev–Trinajstić information content (AvgIpc) is 2.44. The van der Waals surface area contributed by atoms with Crippen LogP contribution in [0.2, 0.25) is 10.0 Å². The van der Waals surface area contributed by atoms with E-state index in [1.807, 2.05) is 25.1 Å². The fourth-order valence-corrected chi connectivity index (χ4v) is 2.29. The standard InChI is InChI=1S/C16H15Cl2NO/c1-2-9-19-16(12-5-3-4-6-14(12)18)13-10-11(17)7-8-15(13)20/h3-8,10,20H,2,9H2,1H3. The van der Waals surface area contributed by atoms with Crippen LogP contribution in [0.1, 0.15) is 24.5 Å². The predicted molar refractivity (Wildman–Crippen MR) is 85.4 cm³/mol. The highest BCUT2D eigenvalue weighted by Crippen LogP contribution is 2.27. The predicted octanol–water partition coefficient (Wildman–Crippen LogP) is 4.95. The Morgan fingerprint density at radius 2 is 1.85 bits per heavy atom. The maximum atomic E-state index is 10.1. The van der Waals surface area contributed by atoms with Crippen molar-refractivity contribution in [2.24, 2.45) is 4.99 Å². The van der Waals surface area contributed by atoms with Crippen LogP contribution in [0.15, 0.2) is 47.5 Å². The minimum Gasteiger partial charge on any atom is -0.507 e. The van der Waals surface area contributed by atoms with Crippen molar-refractivity contribution in [3.63, 3.8) is 0 Å². The van der Waals surface area contributed by atoms with Gasteiger partial charge in [-0.25, -0.2) is 0 Å². The summed E-state index contributed by atoms with van der Waals surface area (Å²) in [6.45, 7) is 2.71. The Balaban J connectivity index is 2.60. The Morgan fingerprint density at radius 1 is 1.10 bits per heavy atom. The highest BCUT2D eigenvalue weighted by atomic mass is 35.5. The second kappa shape index (κ2) is 6.78. The van der Waals surface area contributed by atoms with Crippen LogP contribution in [0.5, 0.6) is 5.75 Å². The smallest absolute Gasteiger partial charge is 0.125 e. The molecule has 2 aromatic carbocycles. The van der Waals surface area contributed by atoms with Gasteiger partial charge in [-0.05, 0) is 30.7 Å². The van der Waals surface area contributed by atoms with Gasteiger partial charge in [0, 0.05) is 27.7 Å². The Kier molecular flexibility index (Phi) is 5.05. The highest BCUT2D eigenvalue weighted by molar-refractivity contribution is 6.36. The number of nitrogens with zero attached hydrogens (tertiary/aromatic N) is 1. The van der Waals surface area contributed by atoms with E-state index in [1.54, 1.807) is 24.3 Å². The SMILES string of the molecule is CCCN=C(c1cc(Cl)ccc1O)c1ccccc1Cl. The minimum atomic E-state index is 0.143. The summed E-state index contributed by atoms with van der Waals surface area (Å²) in [4.78, 5) is 4.56. The second-order valence-corrected chi connectivity index (χ2v) is 5.22. The molecule has 0 fully saturated rings. The maximum absolute atomic E-state index is 10.1. The molecule has 0 aliphatic heterocycles. The first-order chi connectivity index (χ1) is 9.63. The van der Waals surface area contributed by atoms with Gasteiger partial charge in [-0.2, -0.15) is 0 Å². The zero-order valence-corrected chi connectivity index (χ0v) is 12.6. The third-order valence-corrected chi connectivity index (χ3v) is 3.40. The summed E-state index contributed by atoms with van der Waals surface area (Å²) < 4.78 is 0. The van der Waals surface area contributed by atoms with E-state index in [0.717, 1.165) is 12.0 Å². The van der Waals surface area contributed by atoms with Crippen LogP contribution in [0.25, 0.3) is 0 Å². The molecule has 2 nitrogen and oxygen atoms in total. The van der Waals surface area contributed by atoms with Gasteiger partial charge >= 0.3 is 0 Å². The molecule has 0 radical (unpaired) electrons. The van der Waals surface area contributed by atoms with Gasteiger partial charge in [-0.1, -0.05) is 48.3 Å². The number of halogens is 2. The fraction of sp³-hybridized carbons (Fsp3) is 0.188. The van der Waals surface area contributed by atoms with Gasteiger partial charge in [-0.3, -0.25) is 4.99 Å². The molecule has 2 rings (SSSR count). The molecular formula is C16H15Cl2NO. The van der Waals surface area contributed by atoms with E-state index >= 15 is 0 Å². The van der Waals surface area contributed by atoms with Crippen molar-refractivity contribution < 1.29 is 5.11 Å². The molecule has 0 aromatic heterocycles. The Hall–Kier alpha value is -1.51. The van der Waals surface area contributed by atoms with Crippen molar-refractivity contribution in [1.29, 1.82) is 0 Å². The van der Waals surface area contributed by atoms with Crippen molar-refractivity contribution in [3.05, 3.63) is 63.6 Å². The lowest BCUT2D eigenvalue weighted by atomic mass is 10.0. The third kappa shape index (κ3) is 3.33. The number of benzene rings is 2. The van der Waals surface area contributed by atoms with Gasteiger partial charge in [0.05, 0.1) is 5.71 Å². The van der Waals surface area contributed by atoms with Crippen LogP contribution in [0.3, 0.4) is 0 Å². The maximum Gasteiger partial charge on any atom is 0.125 e. The first-order valence-corrected chi connectivity index (χ1v) is 7.17. The van der Waals surface area contributed by atoms with Crippen molar-refractivity contribution in [2.75, 3.05) is 6.54 Å². The lowest BCUT2D eigenvalue weighted by Crippen LogP contribution is -2.06. The summed E-state index contributed by atoms with van der Waals surface area (Å²) >= 11 is 12.3. The number of phenolic OH excluding ortho intramolecular Hbond substituents is 1. The van der Waals surface area contributed by atoms with Crippen molar-refractivity contribution in [3.8, 4) is 5.75 Å². The van der Waals surface area contributed by atoms with Crippen molar-refractivity contribution in [1.82, 2.24) is 0 Å². The molecule has 0 spiro atoms. The fourth-order valence-electron chi connectivity index (χ4n) is 1.89. The molecule has 2 aromatic rings. The summed E-state index contributed by atoms with van der Waals surface area (Å²) in [6.07, 6.45) is 0.912. The summed E-state index contributed by atoms with van der Waals surface area (Å²) in [7, 11) is 0. The Morgan fingerprint density at radius 3 is 2.55 bits per heavy atom. The van der Waals surface area contributed by atoms with Gasteiger partial charge in [0.1, 0.15) is 5.75 Å². The molecule has 0 aliphatic carbocycles. The summed E-state index contributed by atoms with van der Waals surface area (Å²) in [5, 5.41) is 11.2. The number of rotatable bonds is 4. The van der Waals surface area contributed by atoms with Crippen LogP contribution in [0, 0.1) is 0 Å². The van der Waals surface area contributed by atoms with Gasteiger partial charge in [0.2, 0.25) is 0 Å². The molecule has 0 atom stereocenters. The lowest BCUT2D eigenvalue weighted by molar-refractivity contribution is 0.474. The van der Waals surface area contributed by atoms with Crippen LogP contribution in [0.4, 0.5) is 0 Å². The number of hydrogen-bond acceptors (Lipinski definition) is 2. The first-order valence-electron chi connectivity index (χ1n) is 6.41. The molecule has 20 heavy (non-hydrogen) atoms. The minimum absolute atomic E-state index is 0.143. The molecule has 0 saturated heterocycles. The molecule has 0 amide bonds. The molecule has 1 N–H and O–H groups in total. The Labute approximate surface area is 128 Å². The largest absolute Gasteiger partial charge is 0.507 e. The quantitative estimate of drug-likeness (QED) is 0.797. The van der Waals surface area contributed by atoms with E-state index in [4.69, 9.17) is 23.2 Å². The Bertz CT molecular complexity index is 638.